The first-order valence-electron chi connectivity index (χ1n) is 10.8. The van der Waals surface area contributed by atoms with Crippen LogP contribution in [0.3, 0.4) is 0 Å². The van der Waals surface area contributed by atoms with Gasteiger partial charge in [-0.3, -0.25) is 14.5 Å². The number of ether oxygens (including phenoxy) is 1. The van der Waals surface area contributed by atoms with Crippen LogP contribution in [0.2, 0.25) is 0 Å². The van der Waals surface area contributed by atoms with E-state index >= 15 is 0 Å². The molecule has 6 nitrogen and oxygen atoms in total. The molecule has 0 unspecified atom stereocenters. The molecule has 33 heavy (non-hydrogen) atoms. The molecule has 0 radical (unpaired) electrons. The number of nitrogens with one attached hydrogen (secondary N) is 1. The van der Waals surface area contributed by atoms with E-state index in [9.17, 15) is 22.8 Å². The van der Waals surface area contributed by atoms with E-state index in [4.69, 9.17) is 4.74 Å². The number of amides is 2. The van der Waals surface area contributed by atoms with Crippen molar-refractivity contribution >= 4 is 17.6 Å². The van der Waals surface area contributed by atoms with E-state index in [0.717, 1.165) is 24.2 Å². The van der Waals surface area contributed by atoms with Crippen molar-refractivity contribution in [3.63, 3.8) is 0 Å². The van der Waals surface area contributed by atoms with E-state index in [1.165, 1.54) is 31.4 Å². The summed E-state index contributed by atoms with van der Waals surface area (Å²) in [5.74, 6) is -1.95. The van der Waals surface area contributed by atoms with Crippen LogP contribution in [-0.4, -0.2) is 47.5 Å². The Balaban J connectivity index is 1.77. The minimum atomic E-state index is -5.14. The first kappa shape index (κ1) is 22.8. The van der Waals surface area contributed by atoms with Crippen LogP contribution in [0.25, 0.3) is 0 Å². The number of aliphatic imine (C=N–C) groups is 1. The lowest BCUT2D eigenvalue weighted by molar-refractivity contribution is -0.197. The van der Waals surface area contributed by atoms with Crippen LogP contribution in [0.4, 0.5) is 13.2 Å². The predicted octanol–water partition coefficient (Wildman–Crippen LogP) is 4.31. The lowest BCUT2D eigenvalue weighted by Gasteiger charge is -2.34. The van der Waals surface area contributed by atoms with Gasteiger partial charge in [0, 0.05) is 17.2 Å². The van der Waals surface area contributed by atoms with Gasteiger partial charge in [-0.05, 0) is 37.1 Å². The summed E-state index contributed by atoms with van der Waals surface area (Å²) >= 11 is 0. The van der Waals surface area contributed by atoms with Gasteiger partial charge in [-0.2, -0.15) is 13.2 Å². The smallest absolute Gasteiger partial charge is 0.442 e. The van der Waals surface area contributed by atoms with Crippen LogP contribution in [0.5, 0.6) is 5.75 Å². The maximum atomic E-state index is 14.5. The summed E-state index contributed by atoms with van der Waals surface area (Å²) < 4.78 is 48.5. The zero-order chi connectivity index (χ0) is 23.6. The number of halogens is 3. The molecule has 1 aliphatic heterocycles. The third kappa shape index (κ3) is 4.19. The molecule has 0 aromatic heterocycles. The molecule has 2 aliphatic rings. The molecule has 1 N–H and O–H groups in total. The molecule has 0 bridgehead atoms. The molecule has 2 aromatic carbocycles. The molecule has 1 saturated carbocycles. The average Bonchev–Trinajstić information content (AvgIpc) is 3.13. The zero-order valence-electron chi connectivity index (χ0n) is 18.1. The summed E-state index contributed by atoms with van der Waals surface area (Å²) in [6, 6.07) is 13.5. The highest BCUT2D eigenvalue weighted by atomic mass is 19.4. The molecule has 1 fully saturated rings. The first-order valence-corrected chi connectivity index (χ1v) is 10.8. The van der Waals surface area contributed by atoms with Crippen LogP contribution in [0, 0.1) is 0 Å². The van der Waals surface area contributed by atoms with E-state index in [1.54, 1.807) is 30.3 Å². The molecular weight excluding hydrogens is 435 g/mol. The fourth-order valence-corrected chi connectivity index (χ4v) is 4.32. The summed E-state index contributed by atoms with van der Waals surface area (Å²) in [5, 5.41) is 1.92. The number of hydrogen-bond donors (Lipinski definition) is 1. The topological polar surface area (TPSA) is 71.0 Å². The van der Waals surface area contributed by atoms with Gasteiger partial charge in [-0.15, -0.1) is 0 Å². The van der Waals surface area contributed by atoms with Crippen molar-refractivity contribution < 1.29 is 27.5 Å². The molecule has 1 atom stereocenters. The number of nitrogens with zero attached hydrogens (tertiary/aromatic N) is 2. The summed E-state index contributed by atoms with van der Waals surface area (Å²) in [6.07, 6.45) is -1.39. The van der Waals surface area contributed by atoms with Gasteiger partial charge in [0.15, 0.2) is 0 Å². The number of hydrogen-bond acceptors (Lipinski definition) is 4. The Morgan fingerprint density at radius 3 is 2.27 bits per heavy atom. The molecule has 1 aliphatic carbocycles. The Morgan fingerprint density at radius 2 is 1.70 bits per heavy atom. The summed E-state index contributed by atoms with van der Waals surface area (Å²) in [7, 11) is 1.44. The van der Waals surface area contributed by atoms with Crippen molar-refractivity contribution in [3.05, 3.63) is 65.7 Å². The van der Waals surface area contributed by atoms with E-state index in [1.807, 2.05) is 5.32 Å². The van der Waals surface area contributed by atoms with Crippen LogP contribution in [0.15, 0.2) is 59.6 Å². The van der Waals surface area contributed by atoms with Crippen molar-refractivity contribution in [1.82, 2.24) is 10.2 Å². The summed E-state index contributed by atoms with van der Waals surface area (Å²) in [4.78, 5) is 31.4. The van der Waals surface area contributed by atoms with Gasteiger partial charge < -0.3 is 10.1 Å². The van der Waals surface area contributed by atoms with Crippen molar-refractivity contribution in [2.24, 2.45) is 4.99 Å². The highest BCUT2D eigenvalue weighted by Gasteiger charge is 2.67. The Kier molecular flexibility index (Phi) is 6.14. The van der Waals surface area contributed by atoms with Crippen molar-refractivity contribution in [2.45, 2.75) is 50.0 Å². The molecular formula is C24H24F3N3O3. The Labute approximate surface area is 189 Å². The SMILES string of the molecule is COc1ccc(C(=O)N[C@@]2(C(F)(F)F)N=C(c3ccccc3)N(C3CCCCC3)C2=O)cc1. The number of carbonyl (C=O) groups excluding carboxylic acids is 2. The maximum absolute atomic E-state index is 14.5. The van der Waals surface area contributed by atoms with Gasteiger partial charge in [0.2, 0.25) is 0 Å². The van der Waals surface area contributed by atoms with Gasteiger partial charge in [0.05, 0.1) is 7.11 Å². The first-order chi connectivity index (χ1) is 15.8. The molecule has 4 rings (SSSR count). The van der Waals surface area contributed by atoms with E-state index in [-0.39, 0.29) is 11.4 Å². The third-order valence-electron chi connectivity index (χ3n) is 6.06. The quantitative estimate of drug-likeness (QED) is 0.725. The Hall–Kier alpha value is -3.36. The summed E-state index contributed by atoms with van der Waals surface area (Å²) in [5.41, 5.74) is -3.05. The molecule has 1 heterocycles. The number of amidine groups is 1. The monoisotopic (exact) mass is 459 g/mol. The van der Waals surface area contributed by atoms with E-state index in [2.05, 4.69) is 4.99 Å². The van der Waals surface area contributed by atoms with Crippen molar-refractivity contribution in [2.75, 3.05) is 7.11 Å². The van der Waals surface area contributed by atoms with Gasteiger partial charge in [-0.1, -0.05) is 49.6 Å². The van der Waals surface area contributed by atoms with Crippen molar-refractivity contribution in [3.8, 4) is 5.75 Å². The van der Waals surface area contributed by atoms with E-state index < -0.39 is 29.7 Å². The second-order valence-electron chi connectivity index (χ2n) is 8.16. The maximum Gasteiger partial charge on any atom is 0.442 e. The van der Waals surface area contributed by atoms with Gasteiger partial charge in [0.1, 0.15) is 11.6 Å². The highest BCUT2D eigenvalue weighted by Crippen LogP contribution is 2.41. The highest BCUT2D eigenvalue weighted by molar-refractivity contribution is 6.17. The van der Waals surface area contributed by atoms with Crippen LogP contribution in [0.1, 0.15) is 48.0 Å². The fraction of sp³-hybridized carbons (Fsp3) is 0.375. The lowest BCUT2D eigenvalue weighted by Crippen LogP contribution is -2.64. The fourth-order valence-electron chi connectivity index (χ4n) is 4.32. The predicted molar refractivity (Wildman–Crippen MR) is 116 cm³/mol. The minimum Gasteiger partial charge on any atom is -0.497 e. The van der Waals surface area contributed by atoms with Crippen LogP contribution >= 0.6 is 0 Å². The normalized spacial score (nSPS) is 21.6. The molecule has 0 saturated heterocycles. The van der Waals surface area contributed by atoms with Gasteiger partial charge in [0.25, 0.3) is 11.8 Å². The molecule has 9 heteroatoms. The number of benzene rings is 2. The molecule has 2 aromatic rings. The van der Waals surface area contributed by atoms with E-state index in [0.29, 0.717) is 24.2 Å². The van der Waals surface area contributed by atoms with Gasteiger partial charge >= 0.3 is 11.8 Å². The Morgan fingerprint density at radius 1 is 1.06 bits per heavy atom. The number of rotatable bonds is 5. The molecule has 174 valence electrons. The lowest BCUT2D eigenvalue weighted by atomic mass is 9.93. The number of methoxy groups -OCH3 is 1. The zero-order valence-corrected chi connectivity index (χ0v) is 18.1. The largest absolute Gasteiger partial charge is 0.497 e. The van der Waals surface area contributed by atoms with Crippen LogP contribution < -0.4 is 10.1 Å². The molecule has 2 amide bonds. The average molecular weight is 459 g/mol. The van der Waals surface area contributed by atoms with Crippen LogP contribution in [-0.2, 0) is 4.79 Å². The Bertz CT molecular complexity index is 1050. The number of alkyl halides is 3. The third-order valence-corrected chi connectivity index (χ3v) is 6.06. The minimum absolute atomic E-state index is 0.0418. The van der Waals surface area contributed by atoms with Crippen molar-refractivity contribution in [1.29, 1.82) is 0 Å². The number of carbonyl (C=O) groups is 2. The standard InChI is InChI=1S/C24H24F3N3O3/c1-33-19-14-12-17(13-15-19)21(31)29-23(24(25,26)27)22(32)30(18-10-6-3-7-11-18)20(28-23)16-8-4-2-5-9-16/h2,4-5,8-9,12-15,18H,3,6-7,10-11H2,1H3,(H,29,31)/t23-/m0/s1. The molecule has 0 spiro atoms. The summed E-state index contributed by atoms with van der Waals surface area (Å²) in [6.45, 7) is 0. The second kappa shape index (κ2) is 8.88. The van der Waals surface area contributed by atoms with Gasteiger partial charge in [-0.25, -0.2) is 4.99 Å². The second-order valence-corrected chi connectivity index (χ2v) is 8.16.